The van der Waals surface area contributed by atoms with Crippen LogP contribution in [0.4, 0.5) is 0 Å². The Labute approximate surface area is 201 Å². The lowest BCUT2D eigenvalue weighted by Crippen LogP contribution is -2.41. The zero-order valence-corrected chi connectivity index (χ0v) is 19.7. The van der Waals surface area contributed by atoms with Crippen LogP contribution in [-0.4, -0.2) is 41.4 Å². The first-order valence-corrected chi connectivity index (χ1v) is 12.1. The molecule has 1 aliphatic heterocycles. The Balaban J connectivity index is 1.62. The Morgan fingerprint density at radius 3 is 2.76 bits per heavy atom. The van der Waals surface area contributed by atoms with Gasteiger partial charge >= 0.3 is 5.97 Å². The molecule has 0 spiro atoms. The van der Waals surface area contributed by atoms with Crippen LogP contribution >= 0.6 is 0 Å². The SMILES string of the molecule is COc1ccc2nccc(C(O)(CCCc3ccccc3)CCC3CCNCC3C(=O)O)c2c1. The molecule has 34 heavy (non-hydrogen) atoms. The number of aromatic nitrogens is 1. The minimum Gasteiger partial charge on any atom is -0.497 e. The second-order valence-electron chi connectivity index (χ2n) is 9.35. The molecule has 0 amide bonds. The number of carboxylic acids is 1. The van der Waals surface area contributed by atoms with E-state index in [1.165, 1.54) is 5.56 Å². The van der Waals surface area contributed by atoms with Crippen LogP contribution < -0.4 is 10.1 Å². The van der Waals surface area contributed by atoms with Gasteiger partial charge in [0.1, 0.15) is 5.75 Å². The zero-order valence-electron chi connectivity index (χ0n) is 19.7. The number of methoxy groups -OCH3 is 1. The molecule has 6 nitrogen and oxygen atoms in total. The van der Waals surface area contributed by atoms with Gasteiger partial charge in [0, 0.05) is 18.1 Å². The molecule has 3 N–H and O–H groups in total. The Morgan fingerprint density at radius 2 is 2.00 bits per heavy atom. The summed E-state index contributed by atoms with van der Waals surface area (Å²) >= 11 is 0. The lowest BCUT2D eigenvalue weighted by Gasteiger charge is -2.35. The second-order valence-corrected chi connectivity index (χ2v) is 9.35. The normalized spacial score (nSPS) is 20.1. The summed E-state index contributed by atoms with van der Waals surface area (Å²) in [6.07, 6.45) is 6.00. The highest BCUT2D eigenvalue weighted by atomic mass is 16.5. The summed E-state index contributed by atoms with van der Waals surface area (Å²) in [5.74, 6) is -0.416. The van der Waals surface area contributed by atoms with E-state index < -0.39 is 17.5 Å². The summed E-state index contributed by atoms with van der Waals surface area (Å²) in [4.78, 5) is 16.3. The molecular formula is C28H34N2O4. The summed E-state index contributed by atoms with van der Waals surface area (Å²) in [6.45, 7) is 1.30. The first-order chi connectivity index (χ1) is 16.5. The van der Waals surface area contributed by atoms with Crippen LogP contribution in [0.25, 0.3) is 10.9 Å². The molecule has 1 aliphatic rings. The van der Waals surface area contributed by atoms with E-state index in [4.69, 9.17) is 4.74 Å². The van der Waals surface area contributed by atoms with Crippen molar-refractivity contribution in [2.75, 3.05) is 20.2 Å². The Bertz CT molecular complexity index is 1100. The molecule has 2 aromatic carbocycles. The summed E-state index contributed by atoms with van der Waals surface area (Å²) in [6, 6.07) is 17.9. The third kappa shape index (κ3) is 5.57. The standard InChI is InChI=1S/C28H34N2O4/c1-34-22-9-10-26-23(18-22)25(13-17-30-26)28(33,14-5-8-20-6-3-2-4-7-20)15-11-21-12-16-29-19-24(21)27(31)32/h2-4,6-7,9-10,13,17-18,21,24,29,33H,5,8,11-12,14-16,19H2,1H3,(H,31,32). The monoisotopic (exact) mass is 462 g/mol. The van der Waals surface area contributed by atoms with E-state index in [0.29, 0.717) is 25.8 Å². The number of carboxylic acid groups (broad SMARTS) is 1. The van der Waals surface area contributed by atoms with Crippen LogP contribution in [0.2, 0.25) is 0 Å². The first kappa shape index (κ1) is 24.2. The fourth-order valence-electron chi connectivity index (χ4n) is 5.25. The molecule has 1 fully saturated rings. The van der Waals surface area contributed by atoms with Gasteiger partial charge in [-0.1, -0.05) is 30.3 Å². The van der Waals surface area contributed by atoms with Gasteiger partial charge in [0.2, 0.25) is 0 Å². The number of hydrogen-bond acceptors (Lipinski definition) is 5. The van der Waals surface area contributed by atoms with Gasteiger partial charge in [-0.05, 0) is 86.4 Å². The quantitative estimate of drug-likeness (QED) is 0.410. The summed E-state index contributed by atoms with van der Waals surface area (Å²) < 4.78 is 5.44. The summed E-state index contributed by atoms with van der Waals surface area (Å²) in [5.41, 5.74) is 1.81. The minimum absolute atomic E-state index is 0.0436. The number of benzene rings is 2. The number of aryl methyl sites for hydroxylation is 1. The maximum Gasteiger partial charge on any atom is 0.308 e. The highest BCUT2D eigenvalue weighted by Crippen LogP contribution is 2.39. The lowest BCUT2D eigenvalue weighted by atomic mass is 9.76. The summed E-state index contributed by atoms with van der Waals surface area (Å²) in [7, 11) is 1.63. The smallest absolute Gasteiger partial charge is 0.308 e. The molecule has 180 valence electrons. The number of nitrogens with one attached hydrogen (secondary N) is 1. The number of carbonyl (C=O) groups is 1. The third-order valence-corrected chi connectivity index (χ3v) is 7.22. The van der Waals surface area contributed by atoms with E-state index in [9.17, 15) is 15.0 Å². The highest BCUT2D eigenvalue weighted by molar-refractivity contribution is 5.84. The van der Waals surface area contributed by atoms with Crippen molar-refractivity contribution in [3.63, 3.8) is 0 Å². The Hall–Kier alpha value is -2.96. The lowest BCUT2D eigenvalue weighted by molar-refractivity contribution is -0.144. The minimum atomic E-state index is -1.09. The van der Waals surface area contributed by atoms with E-state index in [2.05, 4.69) is 22.4 Å². The number of ether oxygens (including phenoxy) is 1. The fraction of sp³-hybridized carbons (Fsp3) is 0.429. The van der Waals surface area contributed by atoms with Crippen molar-refractivity contribution in [3.05, 3.63) is 71.9 Å². The molecule has 0 saturated carbocycles. The molecule has 0 bridgehead atoms. The van der Waals surface area contributed by atoms with Gasteiger partial charge in [-0.25, -0.2) is 0 Å². The number of piperidine rings is 1. The maximum atomic E-state index is 12.1. The Morgan fingerprint density at radius 1 is 1.18 bits per heavy atom. The van der Waals surface area contributed by atoms with Crippen LogP contribution in [0.15, 0.2) is 60.8 Å². The molecule has 3 atom stereocenters. The van der Waals surface area contributed by atoms with Crippen molar-refractivity contribution in [1.82, 2.24) is 10.3 Å². The van der Waals surface area contributed by atoms with Crippen molar-refractivity contribution < 1.29 is 19.7 Å². The number of aliphatic hydroxyl groups is 1. The van der Waals surface area contributed by atoms with Gasteiger partial charge in [-0.2, -0.15) is 0 Å². The van der Waals surface area contributed by atoms with Gasteiger partial charge < -0.3 is 20.3 Å². The van der Waals surface area contributed by atoms with Gasteiger partial charge in [0.15, 0.2) is 0 Å². The predicted octanol–water partition coefficient (Wildman–Crippen LogP) is 4.54. The zero-order chi connectivity index (χ0) is 24.0. The number of aliphatic carboxylic acids is 1. The highest BCUT2D eigenvalue weighted by Gasteiger charge is 2.36. The van der Waals surface area contributed by atoms with Crippen molar-refractivity contribution in [1.29, 1.82) is 0 Å². The van der Waals surface area contributed by atoms with Crippen molar-refractivity contribution in [2.45, 2.75) is 44.1 Å². The average molecular weight is 463 g/mol. The largest absolute Gasteiger partial charge is 0.497 e. The molecule has 6 heteroatoms. The molecule has 0 aliphatic carbocycles. The maximum absolute atomic E-state index is 12.1. The molecule has 0 radical (unpaired) electrons. The first-order valence-electron chi connectivity index (χ1n) is 12.1. The average Bonchev–Trinajstić information content (AvgIpc) is 2.87. The molecular weight excluding hydrogens is 428 g/mol. The van der Waals surface area contributed by atoms with E-state index in [1.807, 2.05) is 42.5 Å². The van der Waals surface area contributed by atoms with Crippen LogP contribution in [0, 0.1) is 11.8 Å². The fourth-order valence-corrected chi connectivity index (χ4v) is 5.25. The van der Waals surface area contributed by atoms with Crippen LogP contribution in [0.1, 0.15) is 43.2 Å². The number of nitrogens with zero attached hydrogens (tertiary/aromatic N) is 1. The third-order valence-electron chi connectivity index (χ3n) is 7.22. The molecule has 3 aromatic rings. The molecule has 1 aromatic heterocycles. The van der Waals surface area contributed by atoms with Gasteiger partial charge in [0.05, 0.1) is 24.1 Å². The molecule has 1 saturated heterocycles. The number of rotatable bonds is 10. The molecule has 2 heterocycles. The van der Waals surface area contributed by atoms with E-state index in [0.717, 1.165) is 48.0 Å². The van der Waals surface area contributed by atoms with Gasteiger partial charge in [0.25, 0.3) is 0 Å². The van der Waals surface area contributed by atoms with E-state index in [1.54, 1.807) is 13.3 Å². The van der Waals surface area contributed by atoms with Crippen LogP contribution in [-0.2, 0) is 16.8 Å². The number of hydrogen-bond donors (Lipinski definition) is 3. The van der Waals surface area contributed by atoms with Gasteiger partial charge in [-0.15, -0.1) is 0 Å². The van der Waals surface area contributed by atoms with E-state index in [-0.39, 0.29) is 5.92 Å². The molecule has 4 rings (SSSR count). The van der Waals surface area contributed by atoms with E-state index >= 15 is 0 Å². The van der Waals surface area contributed by atoms with Crippen LogP contribution in [0.3, 0.4) is 0 Å². The second kappa shape index (κ2) is 11.0. The van der Waals surface area contributed by atoms with Crippen molar-refractivity contribution >= 4 is 16.9 Å². The summed E-state index contributed by atoms with van der Waals surface area (Å²) in [5, 5.41) is 25.9. The predicted molar refractivity (Wildman–Crippen MR) is 133 cm³/mol. The number of fused-ring (bicyclic) bond motifs is 1. The van der Waals surface area contributed by atoms with Gasteiger partial charge in [-0.3, -0.25) is 9.78 Å². The van der Waals surface area contributed by atoms with Crippen LogP contribution in [0.5, 0.6) is 5.75 Å². The number of pyridine rings is 1. The van der Waals surface area contributed by atoms with Crippen molar-refractivity contribution in [2.24, 2.45) is 11.8 Å². The Kier molecular flexibility index (Phi) is 7.80. The van der Waals surface area contributed by atoms with Crippen molar-refractivity contribution in [3.8, 4) is 5.75 Å². The topological polar surface area (TPSA) is 91.7 Å². The molecule has 3 unspecified atom stereocenters.